The van der Waals surface area contributed by atoms with Crippen LogP contribution in [-0.2, 0) is 5.41 Å². The lowest BCUT2D eigenvalue weighted by molar-refractivity contribution is 0.532. The maximum absolute atomic E-state index is 4.47. The first-order valence-corrected chi connectivity index (χ1v) is 6.95. The Bertz CT molecular complexity index is 571. The Balaban J connectivity index is 2.60. The molecule has 102 valence electrons. The van der Waals surface area contributed by atoms with E-state index in [9.17, 15) is 0 Å². The lowest BCUT2D eigenvalue weighted by atomic mass is 9.81. The summed E-state index contributed by atoms with van der Waals surface area (Å²) in [6, 6.07) is 6.95. The summed E-state index contributed by atoms with van der Waals surface area (Å²) in [7, 11) is 0. The molecule has 0 spiro atoms. The minimum absolute atomic E-state index is 0.140. The van der Waals surface area contributed by atoms with Gasteiger partial charge < -0.3 is 0 Å². The number of hydrogen-bond acceptors (Lipinski definition) is 1. The Morgan fingerprint density at radius 3 is 2.37 bits per heavy atom. The predicted octanol–water partition coefficient (Wildman–Crippen LogP) is 4.74. The van der Waals surface area contributed by atoms with Crippen molar-refractivity contribution < 1.29 is 0 Å². The molecule has 2 heteroatoms. The van der Waals surface area contributed by atoms with Gasteiger partial charge in [-0.2, -0.15) is 5.10 Å². The van der Waals surface area contributed by atoms with Crippen LogP contribution >= 0.6 is 0 Å². The fourth-order valence-electron chi connectivity index (χ4n) is 2.43. The maximum Gasteiger partial charge on any atom is 0.0568 e. The summed E-state index contributed by atoms with van der Waals surface area (Å²) in [5.41, 5.74) is 5.39. The van der Waals surface area contributed by atoms with Gasteiger partial charge in [0.05, 0.1) is 6.20 Å². The van der Waals surface area contributed by atoms with Crippen molar-refractivity contribution in [1.82, 2.24) is 9.78 Å². The molecule has 2 nitrogen and oxygen atoms in total. The van der Waals surface area contributed by atoms with Gasteiger partial charge in [0.25, 0.3) is 0 Å². The fraction of sp³-hybridized carbons (Fsp3) is 0.471. The lowest BCUT2D eigenvalue weighted by Gasteiger charge is -2.24. The van der Waals surface area contributed by atoms with E-state index in [1.165, 1.54) is 22.3 Å². The van der Waals surface area contributed by atoms with Gasteiger partial charge in [-0.05, 0) is 42.9 Å². The first kappa shape index (κ1) is 13.9. The monoisotopic (exact) mass is 256 g/mol. The molecular formula is C17H24N2. The van der Waals surface area contributed by atoms with Crippen molar-refractivity contribution in [3.05, 3.63) is 41.7 Å². The number of rotatable bonds is 2. The molecule has 0 saturated carbocycles. The SMILES string of the molecule is Cc1cccc(C(C)(C)C)c1-c1cnn(C(C)C)c1. The second kappa shape index (κ2) is 4.84. The summed E-state index contributed by atoms with van der Waals surface area (Å²) >= 11 is 0. The molecule has 0 aliphatic carbocycles. The molecular weight excluding hydrogens is 232 g/mol. The first-order valence-electron chi connectivity index (χ1n) is 6.95. The third kappa shape index (κ3) is 2.73. The predicted molar refractivity (Wildman–Crippen MR) is 81.5 cm³/mol. The summed E-state index contributed by atoms with van der Waals surface area (Å²) in [4.78, 5) is 0. The van der Waals surface area contributed by atoms with Crippen molar-refractivity contribution in [2.45, 2.75) is 53.0 Å². The van der Waals surface area contributed by atoms with Gasteiger partial charge in [0, 0.05) is 17.8 Å². The van der Waals surface area contributed by atoms with Crippen LogP contribution in [0.5, 0.6) is 0 Å². The molecule has 1 aromatic carbocycles. The van der Waals surface area contributed by atoms with E-state index in [-0.39, 0.29) is 5.41 Å². The third-order valence-electron chi connectivity index (χ3n) is 3.50. The van der Waals surface area contributed by atoms with Crippen LogP contribution in [0.15, 0.2) is 30.6 Å². The van der Waals surface area contributed by atoms with Crippen LogP contribution in [0.1, 0.15) is 51.8 Å². The molecule has 0 aliphatic rings. The van der Waals surface area contributed by atoms with Crippen LogP contribution in [0.25, 0.3) is 11.1 Å². The second-order valence-electron chi connectivity index (χ2n) is 6.55. The number of aromatic nitrogens is 2. The summed E-state index contributed by atoms with van der Waals surface area (Å²) < 4.78 is 2.02. The van der Waals surface area contributed by atoms with Crippen LogP contribution < -0.4 is 0 Å². The fourth-order valence-corrected chi connectivity index (χ4v) is 2.43. The van der Waals surface area contributed by atoms with Crippen molar-refractivity contribution in [3.63, 3.8) is 0 Å². The van der Waals surface area contributed by atoms with Crippen LogP contribution in [0.2, 0.25) is 0 Å². The molecule has 0 fully saturated rings. The molecule has 0 aliphatic heterocycles. The van der Waals surface area contributed by atoms with Gasteiger partial charge in [-0.1, -0.05) is 39.0 Å². The molecule has 0 atom stereocenters. The summed E-state index contributed by atoms with van der Waals surface area (Å²) in [6.07, 6.45) is 4.14. The van der Waals surface area contributed by atoms with Crippen LogP contribution in [0.3, 0.4) is 0 Å². The van der Waals surface area contributed by atoms with Gasteiger partial charge in [0.15, 0.2) is 0 Å². The minimum atomic E-state index is 0.140. The van der Waals surface area contributed by atoms with E-state index < -0.39 is 0 Å². The van der Waals surface area contributed by atoms with E-state index in [4.69, 9.17) is 0 Å². The van der Waals surface area contributed by atoms with Crippen molar-refractivity contribution >= 4 is 0 Å². The second-order valence-corrected chi connectivity index (χ2v) is 6.55. The lowest BCUT2D eigenvalue weighted by Crippen LogP contribution is -2.13. The highest BCUT2D eigenvalue weighted by Gasteiger charge is 2.20. The molecule has 0 saturated heterocycles. The molecule has 2 rings (SSSR count). The van der Waals surface area contributed by atoms with Crippen molar-refractivity contribution in [2.75, 3.05) is 0 Å². The Morgan fingerprint density at radius 1 is 1.16 bits per heavy atom. The number of aryl methyl sites for hydroxylation is 1. The number of benzene rings is 1. The largest absolute Gasteiger partial charge is 0.270 e. The molecule has 0 bridgehead atoms. The molecule has 1 aromatic heterocycles. The summed E-state index contributed by atoms with van der Waals surface area (Å²) in [5.74, 6) is 0. The Kier molecular flexibility index (Phi) is 3.53. The average Bonchev–Trinajstić information content (AvgIpc) is 2.76. The zero-order chi connectivity index (χ0) is 14.2. The molecule has 0 radical (unpaired) electrons. The average molecular weight is 256 g/mol. The van der Waals surface area contributed by atoms with Gasteiger partial charge in [-0.15, -0.1) is 0 Å². The standard InChI is InChI=1S/C17H24N2/c1-12(2)19-11-14(10-18-19)16-13(3)8-7-9-15(16)17(4,5)6/h7-12H,1-6H3. The molecule has 2 aromatic rings. The van der Waals surface area contributed by atoms with Crippen molar-refractivity contribution in [3.8, 4) is 11.1 Å². The zero-order valence-electron chi connectivity index (χ0n) is 12.9. The third-order valence-corrected chi connectivity index (χ3v) is 3.50. The van der Waals surface area contributed by atoms with E-state index in [1.807, 2.05) is 10.9 Å². The smallest absolute Gasteiger partial charge is 0.0568 e. The van der Waals surface area contributed by atoms with Crippen LogP contribution in [0.4, 0.5) is 0 Å². The van der Waals surface area contributed by atoms with Crippen LogP contribution in [-0.4, -0.2) is 9.78 Å². The topological polar surface area (TPSA) is 17.8 Å². The van der Waals surface area contributed by atoms with E-state index in [2.05, 4.69) is 71.0 Å². The normalized spacial score (nSPS) is 12.2. The summed E-state index contributed by atoms with van der Waals surface area (Å²) in [6.45, 7) is 13.3. The highest BCUT2D eigenvalue weighted by molar-refractivity contribution is 5.71. The van der Waals surface area contributed by atoms with Crippen LogP contribution in [0, 0.1) is 6.92 Å². The van der Waals surface area contributed by atoms with Gasteiger partial charge in [0.1, 0.15) is 0 Å². The molecule has 0 unspecified atom stereocenters. The molecule has 0 N–H and O–H groups in total. The Hall–Kier alpha value is -1.57. The Labute approximate surface area is 116 Å². The number of hydrogen-bond donors (Lipinski definition) is 0. The van der Waals surface area contributed by atoms with E-state index >= 15 is 0 Å². The van der Waals surface area contributed by atoms with E-state index in [0.717, 1.165) is 0 Å². The maximum atomic E-state index is 4.47. The highest BCUT2D eigenvalue weighted by Crippen LogP contribution is 2.35. The van der Waals surface area contributed by atoms with Crippen molar-refractivity contribution in [2.24, 2.45) is 0 Å². The molecule has 19 heavy (non-hydrogen) atoms. The van der Waals surface area contributed by atoms with Gasteiger partial charge in [-0.3, -0.25) is 4.68 Å². The van der Waals surface area contributed by atoms with Gasteiger partial charge in [0.2, 0.25) is 0 Å². The first-order chi connectivity index (χ1) is 8.80. The minimum Gasteiger partial charge on any atom is -0.270 e. The summed E-state index contributed by atoms with van der Waals surface area (Å²) in [5, 5.41) is 4.47. The molecule has 1 heterocycles. The number of nitrogens with zero attached hydrogens (tertiary/aromatic N) is 2. The Morgan fingerprint density at radius 2 is 1.84 bits per heavy atom. The highest BCUT2D eigenvalue weighted by atomic mass is 15.3. The van der Waals surface area contributed by atoms with Gasteiger partial charge in [-0.25, -0.2) is 0 Å². The van der Waals surface area contributed by atoms with Crippen molar-refractivity contribution in [1.29, 1.82) is 0 Å². The zero-order valence-corrected chi connectivity index (χ0v) is 12.9. The quantitative estimate of drug-likeness (QED) is 0.759. The van der Waals surface area contributed by atoms with E-state index in [0.29, 0.717) is 6.04 Å². The molecule has 0 amide bonds. The van der Waals surface area contributed by atoms with E-state index in [1.54, 1.807) is 0 Å². The van der Waals surface area contributed by atoms with Gasteiger partial charge >= 0.3 is 0 Å².